The van der Waals surface area contributed by atoms with Gasteiger partial charge in [0.05, 0.1) is 17.1 Å². The molecule has 0 atom stereocenters. The Labute approximate surface area is 157 Å². The maximum Gasteiger partial charge on any atom is 0.387 e. The molecule has 140 valence electrons. The third-order valence-corrected chi connectivity index (χ3v) is 4.35. The van der Waals surface area contributed by atoms with E-state index in [1.54, 1.807) is 6.07 Å². The normalized spacial score (nSPS) is 10.8. The number of carbonyl (C=O) groups excluding carboxylic acids is 1. The standard InChI is InChI=1S/C17H15F2N5O2S/c1-11-6-8-12(9-7-11)24-17(21-22-23-24)27-10-15(25)20-13-4-2-3-5-14(13)26-16(18)19/h2-9,16H,10H2,1H3,(H,20,25). The largest absolute Gasteiger partial charge is 0.433 e. The lowest BCUT2D eigenvalue weighted by Gasteiger charge is -2.11. The monoisotopic (exact) mass is 391 g/mol. The number of para-hydroxylation sites is 2. The van der Waals surface area contributed by atoms with Crippen LogP contribution in [0.3, 0.4) is 0 Å². The molecule has 3 rings (SSSR count). The van der Waals surface area contributed by atoms with Gasteiger partial charge in [0, 0.05) is 0 Å². The zero-order valence-corrected chi connectivity index (χ0v) is 15.0. The quantitative estimate of drug-likeness (QED) is 0.623. The second-order valence-corrected chi connectivity index (χ2v) is 6.36. The molecule has 2 aromatic carbocycles. The highest BCUT2D eigenvalue weighted by Crippen LogP contribution is 2.26. The Morgan fingerprint density at radius 1 is 1.22 bits per heavy atom. The topological polar surface area (TPSA) is 81.9 Å². The molecule has 10 heteroatoms. The Balaban J connectivity index is 1.64. The third-order valence-electron chi connectivity index (χ3n) is 3.43. The molecule has 7 nitrogen and oxygen atoms in total. The Morgan fingerprint density at radius 2 is 1.96 bits per heavy atom. The molecule has 3 aromatic rings. The van der Waals surface area contributed by atoms with Crippen LogP contribution in [-0.4, -0.2) is 38.5 Å². The van der Waals surface area contributed by atoms with Crippen LogP contribution in [-0.2, 0) is 4.79 Å². The number of halogens is 2. The lowest BCUT2D eigenvalue weighted by atomic mass is 10.2. The zero-order valence-electron chi connectivity index (χ0n) is 14.2. The van der Waals surface area contributed by atoms with Gasteiger partial charge in [0.25, 0.3) is 0 Å². The average Bonchev–Trinajstić information content (AvgIpc) is 3.10. The number of hydrogen-bond acceptors (Lipinski definition) is 6. The first-order valence-electron chi connectivity index (χ1n) is 7.85. The van der Waals surface area contributed by atoms with Crippen LogP contribution in [0.15, 0.2) is 53.7 Å². The van der Waals surface area contributed by atoms with E-state index in [-0.39, 0.29) is 17.2 Å². The van der Waals surface area contributed by atoms with Crippen LogP contribution in [0.1, 0.15) is 5.56 Å². The van der Waals surface area contributed by atoms with Crippen LogP contribution >= 0.6 is 11.8 Å². The maximum absolute atomic E-state index is 12.4. The van der Waals surface area contributed by atoms with Crippen molar-refractivity contribution in [2.75, 3.05) is 11.1 Å². The van der Waals surface area contributed by atoms with Crippen molar-refractivity contribution in [2.24, 2.45) is 0 Å². The fourth-order valence-corrected chi connectivity index (χ4v) is 2.89. The van der Waals surface area contributed by atoms with Crippen molar-refractivity contribution in [3.63, 3.8) is 0 Å². The molecule has 0 radical (unpaired) electrons. The second-order valence-electron chi connectivity index (χ2n) is 5.42. The van der Waals surface area contributed by atoms with Gasteiger partial charge in [-0.25, -0.2) is 0 Å². The zero-order chi connectivity index (χ0) is 19.2. The predicted octanol–water partition coefficient (Wildman–Crippen LogP) is 3.30. The number of tetrazole rings is 1. The summed E-state index contributed by atoms with van der Waals surface area (Å²) in [7, 11) is 0. The van der Waals surface area contributed by atoms with E-state index in [2.05, 4.69) is 25.6 Å². The van der Waals surface area contributed by atoms with Crippen molar-refractivity contribution in [2.45, 2.75) is 18.7 Å². The van der Waals surface area contributed by atoms with Gasteiger partial charge in [-0.2, -0.15) is 13.5 Å². The number of carbonyl (C=O) groups is 1. The van der Waals surface area contributed by atoms with Crippen molar-refractivity contribution >= 4 is 23.4 Å². The minimum Gasteiger partial charge on any atom is -0.433 e. The van der Waals surface area contributed by atoms with Crippen LogP contribution in [0.4, 0.5) is 14.5 Å². The fourth-order valence-electron chi connectivity index (χ4n) is 2.20. The minimum atomic E-state index is -2.98. The minimum absolute atomic E-state index is 0.00471. The first-order valence-corrected chi connectivity index (χ1v) is 8.83. The number of ether oxygens (including phenoxy) is 1. The molecule has 0 spiro atoms. The summed E-state index contributed by atoms with van der Waals surface area (Å²) < 4.78 is 30.8. The Kier molecular flexibility index (Phi) is 5.97. The molecule has 0 bridgehead atoms. The number of rotatable bonds is 7. The summed E-state index contributed by atoms with van der Waals surface area (Å²) in [4.78, 5) is 12.2. The van der Waals surface area contributed by atoms with Crippen molar-refractivity contribution in [3.05, 3.63) is 54.1 Å². The Hall–Kier alpha value is -3.01. The Bertz CT molecular complexity index is 918. The van der Waals surface area contributed by atoms with E-state index in [9.17, 15) is 13.6 Å². The van der Waals surface area contributed by atoms with Gasteiger partial charge in [-0.15, -0.1) is 5.10 Å². The van der Waals surface area contributed by atoms with Crippen molar-refractivity contribution in [1.82, 2.24) is 20.2 Å². The van der Waals surface area contributed by atoms with Gasteiger partial charge in [-0.05, 0) is 41.6 Å². The molecule has 0 saturated carbocycles. The van der Waals surface area contributed by atoms with E-state index in [0.717, 1.165) is 23.0 Å². The molecule has 0 unspecified atom stereocenters. The molecular formula is C17H15F2N5O2S. The highest BCUT2D eigenvalue weighted by atomic mass is 32.2. The first-order chi connectivity index (χ1) is 13.0. The number of hydrogen-bond donors (Lipinski definition) is 1. The molecule has 0 saturated heterocycles. The molecule has 1 aromatic heterocycles. The average molecular weight is 391 g/mol. The molecule has 0 aliphatic rings. The van der Waals surface area contributed by atoms with Crippen LogP contribution < -0.4 is 10.1 Å². The number of nitrogens with zero attached hydrogens (tertiary/aromatic N) is 4. The summed E-state index contributed by atoms with van der Waals surface area (Å²) in [6.45, 7) is -1.00. The van der Waals surface area contributed by atoms with Crippen LogP contribution in [0.2, 0.25) is 0 Å². The lowest BCUT2D eigenvalue weighted by molar-refractivity contribution is -0.113. The van der Waals surface area contributed by atoms with E-state index in [1.807, 2.05) is 31.2 Å². The van der Waals surface area contributed by atoms with E-state index >= 15 is 0 Å². The van der Waals surface area contributed by atoms with E-state index in [1.165, 1.54) is 22.9 Å². The van der Waals surface area contributed by atoms with Gasteiger partial charge >= 0.3 is 6.61 Å². The van der Waals surface area contributed by atoms with Crippen LogP contribution in [0.25, 0.3) is 5.69 Å². The van der Waals surface area contributed by atoms with Gasteiger partial charge < -0.3 is 10.1 Å². The number of thioether (sulfide) groups is 1. The van der Waals surface area contributed by atoms with Crippen molar-refractivity contribution in [1.29, 1.82) is 0 Å². The van der Waals surface area contributed by atoms with E-state index in [4.69, 9.17) is 0 Å². The summed E-state index contributed by atoms with van der Waals surface area (Å²) in [5.74, 6) is -0.506. The summed E-state index contributed by atoms with van der Waals surface area (Å²) in [5, 5.41) is 14.5. The number of alkyl halides is 2. The van der Waals surface area contributed by atoms with Gasteiger partial charge in [0.2, 0.25) is 11.1 Å². The number of aryl methyl sites for hydroxylation is 1. The summed E-state index contributed by atoms with van der Waals surface area (Å²) >= 11 is 1.13. The summed E-state index contributed by atoms with van der Waals surface area (Å²) in [5.41, 5.74) is 2.04. The number of aromatic nitrogens is 4. The predicted molar refractivity (Wildman–Crippen MR) is 96.3 cm³/mol. The molecule has 1 N–H and O–H groups in total. The SMILES string of the molecule is Cc1ccc(-n2nnnc2SCC(=O)Nc2ccccc2OC(F)F)cc1. The highest BCUT2D eigenvalue weighted by Gasteiger charge is 2.14. The fraction of sp³-hybridized carbons (Fsp3) is 0.176. The molecule has 1 amide bonds. The first kappa shape index (κ1) is 18.8. The van der Waals surface area contributed by atoms with Gasteiger partial charge in [0.15, 0.2) is 0 Å². The second kappa shape index (κ2) is 8.58. The third kappa shape index (κ3) is 5.00. The molecule has 1 heterocycles. The molecular weight excluding hydrogens is 376 g/mol. The lowest BCUT2D eigenvalue weighted by Crippen LogP contribution is -2.16. The van der Waals surface area contributed by atoms with Crippen molar-refractivity contribution in [3.8, 4) is 11.4 Å². The Morgan fingerprint density at radius 3 is 2.70 bits per heavy atom. The number of benzene rings is 2. The highest BCUT2D eigenvalue weighted by molar-refractivity contribution is 7.99. The van der Waals surface area contributed by atoms with Gasteiger partial charge in [-0.3, -0.25) is 4.79 Å². The maximum atomic E-state index is 12.4. The van der Waals surface area contributed by atoms with Gasteiger partial charge in [0.1, 0.15) is 5.75 Å². The number of amides is 1. The summed E-state index contributed by atoms with van der Waals surface area (Å²) in [6, 6.07) is 13.6. The molecule has 27 heavy (non-hydrogen) atoms. The van der Waals surface area contributed by atoms with E-state index < -0.39 is 12.5 Å². The van der Waals surface area contributed by atoms with Crippen LogP contribution in [0, 0.1) is 6.92 Å². The van der Waals surface area contributed by atoms with E-state index in [0.29, 0.717) is 5.16 Å². The molecule has 0 fully saturated rings. The smallest absolute Gasteiger partial charge is 0.387 e. The van der Waals surface area contributed by atoms with Gasteiger partial charge in [-0.1, -0.05) is 41.6 Å². The number of anilines is 1. The van der Waals surface area contributed by atoms with Crippen LogP contribution in [0.5, 0.6) is 5.75 Å². The number of nitrogens with one attached hydrogen (secondary N) is 1. The van der Waals surface area contributed by atoms with Crippen molar-refractivity contribution < 1.29 is 18.3 Å². The molecule has 0 aliphatic heterocycles. The summed E-state index contributed by atoms with van der Waals surface area (Å²) in [6.07, 6.45) is 0. The molecule has 0 aliphatic carbocycles.